The molecule has 0 aromatic rings. The Hall–Kier alpha value is -0.570. The van der Waals surface area contributed by atoms with Crippen molar-refractivity contribution in [3.05, 3.63) is 0 Å². The normalized spacial score (nSPS) is 23.5. The summed E-state index contributed by atoms with van der Waals surface area (Å²) in [6.07, 6.45) is 6.91. The van der Waals surface area contributed by atoms with Crippen LogP contribution in [0.3, 0.4) is 0 Å². The standard InChI is InChI=1S/C14H26O3/c1-5-6-7-8-11-12(16-11)9-10-13(15)17-14(2,3)4/h11-12H,5-10H2,1-4H3/t11-,12+/m1/s1. The molecule has 0 N–H and O–H groups in total. The lowest BCUT2D eigenvalue weighted by Gasteiger charge is -2.19. The molecule has 1 rings (SSSR count). The van der Waals surface area contributed by atoms with E-state index < -0.39 is 0 Å². The van der Waals surface area contributed by atoms with Crippen LogP contribution in [0.25, 0.3) is 0 Å². The van der Waals surface area contributed by atoms with Crippen LogP contribution in [-0.2, 0) is 14.3 Å². The number of carbonyl (C=O) groups excluding carboxylic acids is 1. The van der Waals surface area contributed by atoms with Crippen molar-refractivity contribution in [1.29, 1.82) is 0 Å². The summed E-state index contributed by atoms with van der Waals surface area (Å²) in [5, 5.41) is 0. The molecule has 0 spiro atoms. The van der Waals surface area contributed by atoms with Gasteiger partial charge in [0.2, 0.25) is 0 Å². The van der Waals surface area contributed by atoms with Crippen LogP contribution in [0.15, 0.2) is 0 Å². The number of epoxide rings is 1. The third-order valence-electron chi connectivity index (χ3n) is 2.83. The number of hydrogen-bond donors (Lipinski definition) is 0. The van der Waals surface area contributed by atoms with Gasteiger partial charge in [0.1, 0.15) is 5.60 Å². The Labute approximate surface area is 105 Å². The Morgan fingerprint density at radius 1 is 1.18 bits per heavy atom. The van der Waals surface area contributed by atoms with Crippen molar-refractivity contribution >= 4 is 5.97 Å². The summed E-state index contributed by atoms with van der Waals surface area (Å²) in [4.78, 5) is 11.5. The van der Waals surface area contributed by atoms with Crippen molar-refractivity contribution < 1.29 is 14.3 Å². The fraction of sp³-hybridized carbons (Fsp3) is 0.929. The molecule has 100 valence electrons. The average Bonchev–Trinajstić information content (AvgIpc) is 2.92. The Morgan fingerprint density at radius 2 is 1.82 bits per heavy atom. The summed E-state index contributed by atoms with van der Waals surface area (Å²) in [5.41, 5.74) is -0.373. The minimum atomic E-state index is -0.373. The Balaban J connectivity index is 2.03. The highest BCUT2D eigenvalue weighted by Crippen LogP contribution is 2.31. The summed E-state index contributed by atoms with van der Waals surface area (Å²) in [6, 6.07) is 0. The van der Waals surface area contributed by atoms with Gasteiger partial charge in [0, 0.05) is 6.42 Å². The maximum atomic E-state index is 11.5. The molecule has 0 aromatic carbocycles. The molecule has 3 nitrogen and oxygen atoms in total. The van der Waals surface area contributed by atoms with E-state index in [-0.39, 0.29) is 11.6 Å². The molecule has 3 heteroatoms. The maximum Gasteiger partial charge on any atom is 0.306 e. The third kappa shape index (κ3) is 6.67. The lowest BCUT2D eigenvalue weighted by molar-refractivity contribution is -0.155. The van der Waals surface area contributed by atoms with Crippen LogP contribution in [0.5, 0.6) is 0 Å². The topological polar surface area (TPSA) is 38.8 Å². The molecule has 0 amide bonds. The summed E-state index contributed by atoms with van der Waals surface area (Å²) >= 11 is 0. The van der Waals surface area contributed by atoms with E-state index in [1.165, 1.54) is 19.3 Å². The van der Waals surface area contributed by atoms with Gasteiger partial charge in [-0.1, -0.05) is 26.2 Å². The molecule has 0 unspecified atom stereocenters. The van der Waals surface area contributed by atoms with Gasteiger partial charge in [-0.05, 0) is 33.6 Å². The fourth-order valence-electron chi connectivity index (χ4n) is 1.94. The summed E-state index contributed by atoms with van der Waals surface area (Å²) < 4.78 is 10.8. The van der Waals surface area contributed by atoms with Crippen LogP contribution in [0.2, 0.25) is 0 Å². The van der Waals surface area contributed by atoms with Crippen molar-refractivity contribution in [3.8, 4) is 0 Å². The molecule has 1 aliphatic rings. The number of unbranched alkanes of at least 4 members (excludes halogenated alkanes) is 2. The molecule has 1 heterocycles. The molecule has 2 atom stereocenters. The smallest absolute Gasteiger partial charge is 0.306 e. The first-order valence-electron chi connectivity index (χ1n) is 6.79. The number of esters is 1. The van der Waals surface area contributed by atoms with Gasteiger partial charge in [0.15, 0.2) is 0 Å². The zero-order valence-electron chi connectivity index (χ0n) is 11.6. The van der Waals surface area contributed by atoms with E-state index in [0.717, 1.165) is 12.8 Å². The molecule has 0 saturated carbocycles. The Bertz CT molecular complexity index is 242. The minimum Gasteiger partial charge on any atom is -0.460 e. The van der Waals surface area contributed by atoms with Crippen LogP contribution in [-0.4, -0.2) is 23.8 Å². The van der Waals surface area contributed by atoms with Gasteiger partial charge in [-0.25, -0.2) is 0 Å². The highest BCUT2D eigenvalue weighted by atomic mass is 16.6. The van der Waals surface area contributed by atoms with Crippen molar-refractivity contribution in [2.45, 2.75) is 84.0 Å². The second-order valence-corrected chi connectivity index (χ2v) is 5.83. The van der Waals surface area contributed by atoms with E-state index in [4.69, 9.17) is 9.47 Å². The van der Waals surface area contributed by atoms with Crippen molar-refractivity contribution in [3.63, 3.8) is 0 Å². The van der Waals surface area contributed by atoms with Crippen molar-refractivity contribution in [1.82, 2.24) is 0 Å². The molecule has 0 bridgehead atoms. The maximum absolute atomic E-state index is 11.5. The van der Waals surface area contributed by atoms with Crippen LogP contribution in [0.4, 0.5) is 0 Å². The monoisotopic (exact) mass is 242 g/mol. The molecule has 17 heavy (non-hydrogen) atoms. The number of ether oxygens (including phenoxy) is 2. The molecule has 0 aliphatic carbocycles. The highest BCUT2D eigenvalue weighted by Gasteiger charge is 2.37. The van der Waals surface area contributed by atoms with Gasteiger partial charge in [0.05, 0.1) is 12.2 Å². The average molecular weight is 242 g/mol. The number of hydrogen-bond acceptors (Lipinski definition) is 3. The van der Waals surface area contributed by atoms with E-state index in [2.05, 4.69) is 6.92 Å². The largest absolute Gasteiger partial charge is 0.460 e. The van der Waals surface area contributed by atoms with Crippen LogP contribution in [0.1, 0.15) is 66.2 Å². The van der Waals surface area contributed by atoms with Crippen LogP contribution in [0, 0.1) is 0 Å². The van der Waals surface area contributed by atoms with Gasteiger partial charge < -0.3 is 9.47 Å². The molecule has 1 saturated heterocycles. The SMILES string of the molecule is CCCCC[C@H]1O[C@H]1CCC(=O)OC(C)(C)C. The van der Waals surface area contributed by atoms with E-state index in [1.54, 1.807) is 0 Å². The van der Waals surface area contributed by atoms with E-state index in [9.17, 15) is 4.79 Å². The lowest BCUT2D eigenvalue weighted by atomic mass is 10.1. The van der Waals surface area contributed by atoms with Crippen LogP contribution >= 0.6 is 0 Å². The minimum absolute atomic E-state index is 0.111. The Kier molecular flexibility index (Phi) is 5.44. The van der Waals surface area contributed by atoms with Gasteiger partial charge in [-0.2, -0.15) is 0 Å². The third-order valence-corrected chi connectivity index (χ3v) is 2.83. The van der Waals surface area contributed by atoms with E-state index in [0.29, 0.717) is 18.6 Å². The second-order valence-electron chi connectivity index (χ2n) is 5.83. The molecule has 0 radical (unpaired) electrons. The van der Waals surface area contributed by atoms with Crippen LogP contribution < -0.4 is 0 Å². The fourth-order valence-corrected chi connectivity index (χ4v) is 1.94. The first-order chi connectivity index (χ1) is 7.92. The van der Waals surface area contributed by atoms with Gasteiger partial charge in [-0.3, -0.25) is 4.79 Å². The zero-order valence-corrected chi connectivity index (χ0v) is 11.6. The molecule has 0 aromatic heterocycles. The van der Waals surface area contributed by atoms with E-state index in [1.807, 2.05) is 20.8 Å². The first-order valence-corrected chi connectivity index (χ1v) is 6.79. The second kappa shape index (κ2) is 6.39. The Morgan fingerprint density at radius 3 is 2.41 bits per heavy atom. The van der Waals surface area contributed by atoms with Gasteiger partial charge in [-0.15, -0.1) is 0 Å². The van der Waals surface area contributed by atoms with Crippen molar-refractivity contribution in [2.24, 2.45) is 0 Å². The summed E-state index contributed by atoms with van der Waals surface area (Å²) in [5.74, 6) is -0.111. The van der Waals surface area contributed by atoms with Gasteiger partial charge >= 0.3 is 5.97 Å². The highest BCUT2D eigenvalue weighted by molar-refractivity contribution is 5.69. The number of rotatable bonds is 7. The predicted octanol–water partition coefficient (Wildman–Crippen LogP) is 3.46. The van der Waals surface area contributed by atoms with Crippen molar-refractivity contribution in [2.75, 3.05) is 0 Å². The first kappa shape index (κ1) is 14.5. The summed E-state index contributed by atoms with van der Waals surface area (Å²) in [7, 11) is 0. The molecular weight excluding hydrogens is 216 g/mol. The molecule has 1 fully saturated rings. The quantitative estimate of drug-likeness (QED) is 0.390. The zero-order chi connectivity index (χ0) is 12.9. The lowest BCUT2D eigenvalue weighted by Crippen LogP contribution is -2.23. The summed E-state index contributed by atoms with van der Waals surface area (Å²) in [6.45, 7) is 7.89. The predicted molar refractivity (Wildman–Crippen MR) is 67.9 cm³/mol. The van der Waals surface area contributed by atoms with Gasteiger partial charge in [0.25, 0.3) is 0 Å². The number of carbonyl (C=O) groups is 1. The van der Waals surface area contributed by atoms with E-state index >= 15 is 0 Å². The molecular formula is C14H26O3. The molecule has 1 aliphatic heterocycles.